The third-order valence-electron chi connectivity index (χ3n) is 1.57. The molecule has 0 amide bonds. The summed E-state index contributed by atoms with van der Waals surface area (Å²) >= 11 is 0. The predicted octanol–water partition coefficient (Wildman–Crippen LogP) is 0.590. The van der Waals surface area contributed by atoms with E-state index < -0.39 is 5.92 Å². The van der Waals surface area contributed by atoms with E-state index in [-0.39, 0.29) is 19.0 Å². The lowest BCUT2D eigenvalue weighted by Crippen LogP contribution is -2.35. The Morgan fingerprint density at radius 2 is 2.22 bits per heavy atom. The fraction of sp³-hybridized carbons (Fsp3) is 1.00. The zero-order chi connectivity index (χ0) is 7.07. The predicted molar refractivity (Wildman–Crippen MR) is 29.9 cm³/mol. The number of halogens is 2. The third kappa shape index (κ3) is 1.37. The second-order valence-corrected chi connectivity index (χ2v) is 2.58. The Balaban J connectivity index is 2.54. The van der Waals surface area contributed by atoms with Gasteiger partial charge in [-0.1, -0.05) is 0 Å². The smallest absolute Gasteiger partial charge is 0.263 e. The minimum Gasteiger partial charge on any atom is -0.268 e. The van der Waals surface area contributed by atoms with Crippen molar-refractivity contribution in [1.29, 1.82) is 0 Å². The number of hydrazine groups is 1. The standard InChI is InChI=1S/C5H10F2N2/c1-4-2-5(6,7)3-9(4)8/h4H,2-3,8H2,1H3/t4-/m1/s1. The van der Waals surface area contributed by atoms with Crippen molar-refractivity contribution in [2.75, 3.05) is 6.54 Å². The molecule has 2 N–H and O–H groups in total. The Labute approximate surface area is 52.6 Å². The van der Waals surface area contributed by atoms with Gasteiger partial charge in [0.05, 0.1) is 6.54 Å². The molecule has 1 saturated heterocycles. The Hall–Kier alpha value is -0.220. The van der Waals surface area contributed by atoms with Crippen molar-refractivity contribution in [3.05, 3.63) is 0 Å². The Morgan fingerprint density at radius 1 is 1.67 bits per heavy atom. The number of nitrogens with zero attached hydrogens (tertiary/aromatic N) is 1. The molecular weight excluding hydrogens is 126 g/mol. The first-order valence-corrected chi connectivity index (χ1v) is 2.90. The fourth-order valence-electron chi connectivity index (χ4n) is 1.04. The molecule has 0 aromatic carbocycles. The van der Waals surface area contributed by atoms with Crippen molar-refractivity contribution in [3.8, 4) is 0 Å². The second-order valence-electron chi connectivity index (χ2n) is 2.58. The molecule has 1 aliphatic rings. The largest absolute Gasteiger partial charge is 0.268 e. The maximum absolute atomic E-state index is 12.3. The molecule has 2 nitrogen and oxygen atoms in total. The van der Waals surface area contributed by atoms with Crippen LogP contribution in [0.4, 0.5) is 8.78 Å². The second kappa shape index (κ2) is 1.88. The zero-order valence-corrected chi connectivity index (χ0v) is 5.27. The van der Waals surface area contributed by atoms with E-state index in [9.17, 15) is 8.78 Å². The van der Waals surface area contributed by atoms with Gasteiger partial charge in [0.2, 0.25) is 0 Å². The quantitative estimate of drug-likeness (QED) is 0.494. The van der Waals surface area contributed by atoms with E-state index in [4.69, 9.17) is 5.84 Å². The van der Waals surface area contributed by atoms with Crippen molar-refractivity contribution in [2.24, 2.45) is 5.84 Å². The van der Waals surface area contributed by atoms with Crippen LogP contribution < -0.4 is 5.84 Å². The van der Waals surface area contributed by atoms with Crippen LogP contribution in [0.3, 0.4) is 0 Å². The van der Waals surface area contributed by atoms with Crippen molar-refractivity contribution < 1.29 is 8.78 Å². The first kappa shape index (κ1) is 6.89. The van der Waals surface area contributed by atoms with E-state index in [0.29, 0.717) is 0 Å². The molecule has 0 aliphatic carbocycles. The maximum Gasteiger partial charge on any atom is 0.263 e. The van der Waals surface area contributed by atoms with Gasteiger partial charge >= 0.3 is 0 Å². The molecule has 1 fully saturated rings. The van der Waals surface area contributed by atoms with Gasteiger partial charge in [-0.2, -0.15) is 0 Å². The number of hydrogen-bond acceptors (Lipinski definition) is 2. The molecule has 1 aliphatic heterocycles. The van der Waals surface area contributed by atoms with Crippen LogP contribution in [0, 0.1) is 0 Å². The highest BCUT2D eigenvalue weighted by molar-refractivity contribution is 4.84. The van der Waals surface area contributed by atoms with Crippen molar-refractivity contribution in [3.63, 3.8) is 0 Å². The number of alkyl halides is 2. The molecular formula is C5H10F2N2. The van der Waals surface area contributed by atoms with Gasteiger partial charge in [0.1, 0.15) is 0 Å². The van der Waals surface area contributed by atoms with Gasteiger partial charge < -0.3 is 0 Å². The van der Waals surface area contributed by atoms with Crippen LogP contribution in [0.5, 0.6) is 0 Å². The molecule has 0 radical (unpaired) electrons. The van der Waals surface area contributed by atoms with Crippen molar-refractivity contribution in [2.45, 2.75) is 25.3 Å². The summed E-state index contributed by atoms with van der Waals surface area (Å²) in [7, 11) is 0. The Bertz CT molecular complexity index is 104. The topological polar surface area (TPSA) is 29.3 Å². The lowest BCUT2D eigenvalue weighted by Gasteiger charge is -2.11. The molecule has 9 heavy (non-hydrogen) atoms. The van der Waals surface area contributed by atoms with Crippen LogP contribution >= 0.6 is 0 Å². The molecule has 54 valence electrons. The summed E-state index contributed by atoms with van der Waals surface area (Å²) in [6, 6.07) is -0.181. The van der Waals surface area contributed by atoms with Crippen LogP contribution in [0.1, 0.15) is 13.3 Å². The molecule has 0 aromatic heterocycles. The third-order valence-corrected chi connectivity index (χ3v) is 1.57. The molecule has 1 atom stereocenters. The van der Waals surface area contributed by atoms with Gasteiger partial charge in [0.25, 0.3) is 5.92 Å². The molecule has 1 rings (SSSR count). The summed E-state index contributed by atoms with van der Waals surface area (Å²) in [6.45, 7) is 1.40. The van der Waals surface area contributed by atoms with Gasteiger partial charge in [0.15, 0.2) is 0 Å². The minimum absolute atomic E-state index is 0.108. The normalized spacial score (nSPS) is 35.3. The van der Waals surface area contributed by atoms with E-state index in [1.807, 2.05) is 0 Å². The fourth-order valence-corrected chi connectivity index (χ4v) is 1.04. The molecule has 0 spiro atoms. The zero-order valence-electron chi connectivity index (χ0n) is 5.27. The van der Waals surface area contributed by atoms with Gasteiger partial charge in [-0.25, -0.2) is 13.8 Å². The van der Waals surface area contributed by atoms with E-state index in [0.717, 1.165) is 0 Å². The highest BCUT2D eigenvalue weighted by Crippen LogP contribution is 2.28. The molecule has 4 heteroatoms. The lowest BCUT2D eigenvalue weighted by atomic mass is 10.2. The van der Waals surface area contributed by atoms with Crippen LogP contribution in [-0.4, -0.2) is 23.5 Å². The highest BCUT2D eigenvalue weighted by atomic mass is 19.3. The summed E-state index contributed by atoms with van der Waals surface area (Å²) in [5.74, 6) is 2.65. The summed E-state index contributed by atoms with van der Waals surface area (Å²) in [6.07, 6.45) is -0.108. The molecule has 0 aromatic rings. The lowest BCUT2D eigenvalue weighted by molar-refractivity contribution is 0.0120. The minimum atomic E-state index is -2.56. The van der Waals surface area contributed by atoms with Crippen LogP contribution in [0.2, 0.25) is 0 Å². The van der Waals surface area contributed by atoms with Gasteiger partial charge in [-0.3, -0.25) is 5.84 Å². The number of nitrogens with two attached hydrogens (primary N) is 1. The van der Waals surface area contributed by atoms with Gasteiger partial charge in [-0.05, 0) is 6.92 Å². The molecule has 0 bridgehead atoms. The average Bonchev–Trinajstić information content (AvgIpc) is 1.79. The van der Waals surface area contributed by atoms with Crippen molar-refractivity contribution in [1.82, 2.24) is 5.01 Å². The Morgan fingerprint density at radius 3 is 2.33 bits per heavy atom. The van der Waals surface area contributed by atoms with Gasteiger partial charge in [0, 0.05) is 12.5 Å². The molecule has 1 heterocycles. The van der Waals surface area contributed by atoms with E-state index >= 15 is 0 Å². The van der Waals surface area contributed by atoms with E-state index in [2.05, 4.69) is 0 Å². The summed E-state index contributed by atoms with van der Waals surface area (Å²) in [5.41, 5.74) is 0. The van der Waals surface area contributed by atoms with E-state index in [1.54, 1.807) is 6.92 Å². The average molecular weight is 136 g/mol. The Kier molecular flexibility index (Phi) is 1.44. The SMILES string of the molecule is C[C@@H]1CC(F)(F)CN1N. The number of hydrogen-bond donors (Lipinski definition) is 1. The van der Waals surface area contributed by atoms with Crippen LogP contribution in [-0.2, 0) is 0 Å². The van der Waals surface area contributed by atoms with Crippen molar-refractivity contribution >= 4 is 0 Å². The highest BCUT2D eigenvalue weighted by Gasteiger charge is 2.41. The summed E-state index contributed by atoms with van der Waals surface area (Å²) in [4.78, 5) is 0. The molecule has 0 saturated carbocycles. The van der Waals surface area contributed by atoms with Crippen LogP contribution in [0.25, 0.3) is 0 Å². The number of rotatable bonds is 0. The van der Waals surface area contributed by atoms with Crippen LogP contribution in [0.15, 0.2) is 0 Å². The van der Waals surface area contributed by atoms with Gasteiger partial charge in [-0.15, -0.1) is 0 Å². The summed E-state index contributed by atoms with van der Waals surface area (Å²) in [5, 5.41) is 1.18. The maximum atomic E-state index is 12.3. The first-order valence-electron chi connectivity index (χ1n) is 2.90. The monoisotopic (exact) mass is 136 g/mol. The molecule has 0 unspecified atom stereocenters. The van der Waals surface area contributed by atoms with E-state index in [1.165, 1.54) is 5.01 Å². The first-order chi connectivity index (χ1) is 4.01. The summed E-state index contributed by atoms with van der Waals surface area (Å²) < 4.78 is 24.6.